The first-order valence-corrected chi connectivity index (χ1v) is 9.86. The Kier molecular flexibility index (Phi) is 6.45. The van der Waals surface area contributed by atoms with Gasteiger partial charge in [-0.2, -0.15) is 0 Å². The number of carbonyl (C=O) groups excluding carboxylic acids is 1. The van der Waals surface area contributed by atoms with Gasteiger partial charge in [-0.15, -0.1) is 0 Å². The minimum absolute atomic E-state index is 0.190. The van der Waals surface area contributed by atoms with Crippen molar-refractivity contribution in [3.05, 3.63) is 54.1 Å². The summed E-state index contributed by atoms with van der Waals surface area (Å²) in [6, 6.07) is 16.2. The van der Waals surface area contributed by atoms with E-state index in [1.54, 1.807) is 14.2 Å². The van der Waals surface area contributed by atoms with E-state index < -0.39 is 0 Å². The third kappa shape index (κ3) is 4.24. The molecule has 0 aliphatic carbocycles. The van der Waals surface area contributed by atoms with Crippen LogP contribution in [0.25, 0.3) is 0 Å². The van der Waals surface area contributed by atoms with Gasteiger partial charge in [0.15, 0.2) is 11.5 Å². The van der Waals surface area contributed by atoms with Gasteiger partial charge in [-0.1, -0.05) is 38.1 Å². The van der Waals surface area contributed by atoms with Gasteiger partial charge in [0.1, 0.15) is 0 Å². The van der Waals surface area contributed by atoms with Crippen molar-refractivity contribution in [1.82, 2.24) is 4.90 Å². The van der Waals surface area contributed by atoms with Crippen LogP contribution >= 0.6 is 0 Å². The second-order valence-electron chi connectivity index (χ2n) is 7.48. The van der Waals surface area contributed by atoms with E-state index in [0.29, 0.717) is 11.5 Å². The van der Waals surface area contributed by atoms with Crippen LogP contribution in [0.4, 0.5) is 5.69 Å². The molecule has 1 heterocycles. The van der Waals surface area contributed by atoms with Crippen LogP contribution in [0, 0.1) is 5.92 Å². The lowest BCUT2D eigenvalue weighted by atomic mass is 9.86. The number of benzene rings is 2. The molecule has 1 aliphatic rings. The maximum Gasteiger partial charge on any atom is 0.230 e. The minimum Gasteiger partial charge on any atom is -0.493 e. The largest absolute Gasteiger partial charge is 0.493 e. The molecule has 5 nitrogen and oxygen atoms in total. The van der Waals surface area contributed by atoms with Crippen LogP contribution in [-0.2, 0) is 4.79 Å². The van der Waals surface area contributed by atoms with Crippen molar-refractivity contribution in [2.24, 2.45) is 5.92 Å². The Morgan fingerprint density at radius 2 is 1.54 bits per heavy atom. The third-order valence-corrected chi connectivity index (χ3v) is 5.41. The van der Waals surface area contributed by atoms with Gasteiger partial charge in [-0.05, 0) is 35.7 Å². The normalized spacial score (nSPS) is 15.5. The number of para-hydroxylation sites is 1. The Labute approximate surface area is 167 Å². The molecule has 1 fully saturated rings. The summed E-state index contributed by atoms with van der Waals surface area (Å²) in [4.78, 5) is 17.7. The maximum absolute atomic E-state index is 13.4. The molecule has 0 bridgehead atoms. The first-order chi connectivity index (χ1) is 13.5. The first kappa shape index (κ1) is 20.1. The summed E-state index contributed by atoms with van der Waals surface area (Å²) < 4.78 is 10.8. The van der Waals surface area contributed by atoms with Crippen LogP contribution in [0.2, 0.25) is 0 Å². The lowest BCUT2D eigenvalue weighted by Crippen LogP contribution is -2.50. The summed E-state index contributed by atoms with van der Waals surface area (Å²) in [6.07, 6.45) is 0. The van der Waals surface area contributed by atoms with Crippen LogP contribution in [-0.4, -0.2) is 51.2 Å². The highest BCUT2D eigenvalue weighted by atomic mass is 16.5. The number of hydrogen-bond acceptors (Lipinski definition) is 4. The highest BCUT2D eigenvalue weighted by Gasteiger charge is 2.31. The van der Waals surface area contributed by atoms with Crippen molar-refractivity contribution in [2.75, 3.05) is 45.3 Å². The predicted octanol–water partition coefficient (Wildman–Crippen LogP) is 3.79. The molecule has 0 spiro atoms. The lowest BCUT2D eigenvalue weighted by molar-refractivity contribution is -0.134. The second-order valence-corrected chi connectivity index (χ2v) is 7.48. The van der Waals surface area contributed by atoms with Crippen LogP contribution in [0.5, 0.6) is 11.5 Å². The monoisotopic (exact) mass is 382 g/mol. The molecule has 2 aromatic carbocycles. The van der Waals surface area contributed by atoms with Gasteiger partial charge in [-0.3, -0.25) is 4.79 Å². The molecule has 0 aromatic heterocycles. The van der Waals surface area contributed by atoms with E-state index in [1.165, 1.54) is 5.69 Å². The van der Waals surface area contributed by atoms with Crippen molar-refractivity contribution in [3.8, 4) is 11.5 Å². The first-order valence-electron chi connectivity index (χ1n) is 9.86. The van der Waals surface area contributed by atoms with Crippen molar-refractivity contribution in [1.29, 1.82) is 0 Å². The quantitative estimate of drug-likeness (QED) is 0.762. The van der Waals surface area contributed by atoms with Crippen molar-refractivity contribution in [3.63, 3.8) is 0 Å². The standard InChI is InChI=1S/C23H30N2O3/c1-17(2)22(18-10-11-20(27-3)21(16-18)28-4)23(26)25-14-12-24(13-15-25)19-8-6-5-7-9-19/h5-11,16-17,22H,12-15H2,1-4H3. The third-order valence-electron chi connectivity index (χ3n) is 5.41. The van der Waals surface area contributed by atoms with Gasteiger partial charge in [0.2, 0.25) is 5.91 Å². The summed E-state index contributed by atoms with van der Waals surface area (Å²) in [7, 11) is 3.24. The van der Waals surface area contributed by atoms with Crippen LogP contribution in [0.1, 0.15) is 25.3 Å². The zero-order chi connectivity index (χ0) is 20.1. The van der Waals surface area contributed by atoms with Gasteiger partial charge in [0.05, 0.1) is 20.1 Å². The van der Waals surface area contributed by atoms with Crippen molar-refractivity contribution in [2.45, 2.75) is 19.8 Å². The van der Waals surface area contributed by atoms with Crippen LogP contribution < -0.4 is 14.4 Å². The summed E-state index contributed by atoms with van der Waals surface area (Å²) in [5, 5.41) is 0. The van der Waals surface area contributed by atoms with Crippen LogP contribution in [0.15, 0.2) is 48.5 Å². The summed E-state index contributed by atoms with van der Waals surface area (Å²) in [6.45, 7) is 7.38. The number of nitrogens with zero attached hydrogens (tertiary/aromatic N) is 2. The Morgan fingerprint density at radius 1 is 0.893 bits per heavy atom. The van der Waals surface area contributed by atoms with E-state index >= 15 is 0 Å². The van der Waals surface area contributed by atoms with Gasteiger partial charge in [-0.25, -0.2) is 0 Å². The Morgan fingerprint density at radius 3 is 2.11 bits per heavy atom. The topological polar surface area (TPSA) is 42.0 Å². The summed E-state index contributed by atoms with van der Waals surface area (Å²) >= 11 is 0. The van der Waals surface area contributed by atoms with Crippen molar-refractivity contribution >= 4 is 11.6 Å². The molecule has 3 rings (SSSR count). The molecule has 1 amide bonds. The molecule has 1 atom stereocenters. The number of piperazine rings is 1. The fourth-order valence-electron chi connectivity index (χ4n) is 3.88. The average molecular weight is 383 g/mol. The Hall–Kier alpha value is -2.69. The van der Waals surface area contributed by atoms with E-state index in [4.69, 9.17) is 9.47 Å². The minimum atomic E-state index is -0.192. The average Bonchev–Trinajstić information content (AvgIpc) is 2.74. The molecule has 0 radical (unpaired) electrons. The SMILES string of the molecule is COc1ccc(C(C(=O)N2CCN(c3ccccc3)CC2)C(C)C)cc1OC. The number of rotatable bonds is 6. The zero-order valence-corrected chi connectivity index (χ0v) is 17.2. The molecule has 1 aliphatic heterocycles. The number of methoxy groups -OCH3 is 2. The molecule has 1 unspecified atom stereocenters. The van der Waals surface area contributed by atoms with Gasteiger partial charge in [0.25, 0.3) is 0 Å². The maximum atomic E-state index is 13.4. The fourth-order valence-corrected chi connectivity index (χ4v) is 3.88. The molecule has 0 N–H and O–H groups in total. The fraction of sp³-hybridized carbons (Fsp3) is 0.435. The molecule has 150 valence electrons. The van der Waals surface area contributed by atoms with E-state index in [1.807, 2.05) is 29.2 Å². The summed E-state index contributed by atoms with van der Waals surface area (Å²) in [5.74, 6) is 1.53. The molecule has 2 aromatic rings. The number of amides is 1. The predicted molar refractivity (Wildman–Crippen MR) is 112 cm³/mol. The van der Waals surface area contributed by atoms with E-state index in [-0.39, 0.29) is 17.7 Å². The summed E-state index contributed by atoms with van der Waals surface area (Å²) in [5.41, 5.74) is 2.19. The molecule has 5 heteroatoms. The zero-order valence-electron chi connectivity index (χ0n) is 17.2. The molecular weight excluding hydrogens is 352 g/mol. The van der Waals surface area contributed by atoms with Crippen molar-refractivity contribution < 1.29 is 14.3 Å². The molecular formula is C23H30N2O3. The molecule has 28 heavy (non-hydrogen) atoms. The number of anilines is 1. The lowest BCUT2D eigenvalue weighted by Gasteiger charge is -2.38. The number of ether oxygens (including phenoxy) is 2. The molecule has 1 saturated heterocycles. The van der Waals surface area contributed by atoms with Gasteiger partial charge < -0.3 is 19.3 Å². The highest BCUT2D eigenvalue weighted by molar-refractivity contribution is 5.84. The number of hydrogen-bond donors (Lipinski definition) is 0. The Balaban J connectivity index is 1.74. The van der Waals surface area contributed by atoms with Crippen LogP contribution in [0.3, 0.4) is 0 Å². The van der Waals surface area contributed by atoms with E-state index in [0.717, 1.165) is 31.7 Å². The van der Waals surface area contributed by atoms with E-state index in [2.05, 4.69) is 43.0 Å². The smallest absolute Gasteiger partial charge is 0.230 e. The second kappa shape index (κ2) is 9.00. The van der Waals surface area contributed by atoms with E-state index in [9.17, 15) is 4.79 Å². The van der Waals surface area contributed by atoms with Gasteiger partial charge >= 0.3 is 0 Å². The molecule has 0 saturated carbocycles. The highest BCUT2D eigenvalue weighted by Crippen LogP contribution is 2.34. The number of carbonyl (C=O) groups is 1. The van der Waals surface area contributed by atoms with Gasteiger partial charge in [0, 0.05) is 31.9 Å². The Bertz CT molecular complexity index is 784.